The number of aliphatic hydroxyl groups is 3. The van der Waals surface area contributed by atoms with Crippen molar-refractivity contribution in [1.82, 2.24) is 0 Å². The lowest BCUT2D eigenvalue weighted by Gasteiger charge is -2.31. The first-order chi connectivity index (χ1) is 3.68. The summed E-state index contributed by atoms with van der Waals surface area (Å²) in [6, 6.07) is 0. The fourth-order valence-corrected chi connectivity index (χ4v) is 0.150. The van der Waals surface area contributed by atoms with E-state index in [0.29, 0.717) is 0 Å². The zero-order valence-electron chi connectivity index (χ0n) is 4.46. The highest BCUT2D eigenvalue weighted by atomic mass is 16.3. The van der Waals surface area contributed by atoms with Crippen molar-refractivity contribution in [3.63, 3.8) is 0 Å². The molecule has 0 aromatic heterocycles. The Bertz CT molecular complexity index is 54.0. The van der Waals surface area contributed by atoms with Crippen molar-refractivity contribution in [2.75, 3.05) is 19.8 Å². The molecule has 0 atom stereocenters. The van der Waals surface area contributed by atoms with Crippen molar-refractivity contribution >= 4 is 0 Å². The quantitative estimate of drug-likeness (QED) is 0.435. The Balaban J connectivity index is 3.58. The van der Waals surface area contributed by atoms with Gasteiger partial charge in [0.25, 0.3) is 0 Å². The summed E-state index contributed by atoms with van der Waals surface area (Å²) in [6.45, 7) is -1.54. The fraction of sp³-hybridized carbons (Fsp3) is 1.00. The van der Waals surface area contributed by atoms with Crippen LogP contribution in [0.25, 0.3) is 5.73 Å². The third-order valence-corrected chi connectivity index (χ3v) is 0.908. The van der Waals surface area contributed by atoms with Gasteiger partial charge in [0.15, 0.2) is 0 Å². The average molecular weight is 120 g/mol. The van der Waals surface area contributed by atoms with Crippen LogP contribution >= 0.6 is 0 Å². The van der Waals surface area contributed by atoms with Gasteiger partial charge in [-0.2, -0.15) is 0 Å². The standard InChI is InChI=1S/C4H10NO3/c5-4(1-6,2-7)3-8/h5-8H,1-3H2/q-1. The highest BCUT2D eigenvalue weighted by Crippen LogP contribution is 2.03. The van der Waals surface area contributed by atoms with Crippen LogP contribution in [0.15, 0.2) is 0 Å². The molecule has 4 nitrogen and oxygen atoms in total. The van der Waals surface area contributed by atoms with Gasteiger partial charge in [-0.25, -0.2) is 0 Å². The molecule has 0 heterocycles. The van der Waals surface area contributed by atoms with Crippen LogP contribution in [-0.4, -0.2) is 40.7 Å². The Morgan fingerprint density at radius 3 is 1.25 bits per heavy atom. The zero-order chi connectivity index (χ0) is 6.62. The van der Waals surface area contributed by atoms with Crippen molar-refractivity contribution in [3.05, 3.63) is 5.73 Å². The van der Waals surface area contributed by atoms with Gasteiger partial charge < -0.3 is 21.1 Å². The molecule has 4 N–H and O–H groups in total. The first-order valence-corrected chi connectivity index (χ1v) is 2.26. The highest BCUT2D eigenvalue weighted by molar-refractivity contribution is 4.93. The summed E-state index contributed by atoms with van der Waals surface area (Å²) in [5.74, 6) is 0. The van der Waals surface area contributed by atoms with Gasteiger partial charge in [-0.3, -0.25) is 0 Å². The predicted octanol–water partition coefficient (Wildman–Crippen LogP) is -1.25. The molecule has 4 heteroatoms. The normalized spacial score (nSPS) is 12.0. The van der Waals surface area contributed by atoms with E-state index in [4.69, 9.17) is 21.1 Å². The Labute approximate surface area is 47.6 Å². The molecule has 0 unspecified atom stereocenters. The summed E-state index contributed by atoms with van der Waals surface area (Å²) in [4.78, 5) is 0. The minimum atomic E-state index is -1.46. The van der Waals surface area contributed by atoms with Crippen LogP contribution in [-0.2, 0) is 0 Å². The molecule has 0 rings (SSSR count). The second kappa shape index (κ2) is 2.99. The Hall–Kier alpha value is -0.160. The van der Waals surface area contributed by atoms with Gasteiger partial charge in [0, 0.05) is 19.8 Å². The maximum absolute atomic E-state index is 8.28. The summed E-state index contributed by atoms with van der Waals surface area (Å²) >= 11 is 0. The van der Waals surface area contributed by atoms with E-state index in [1.165, 1.54) is 0 Å². The first-order valence-electron chi connectivity index (χ1n) is 2.26. The van der Waals surface area contributed by atoms with Gasteiger partial charge in [0.1, 0.15) is 0 Å². The molecule has 0 amide bonds. The van der Waals surface area contributed by atoms with Crippen molar-refractivity contribution < 1.29 is 15.3 Å². The van der Waals surface area contributed by atoms with Crippen LogP contribution < -0.4 is 0 Å². The van der Waals surface area contributed by atoms with Crippen molar-refractivity contribution in [3.8, 4) is 0 Å². The van der Waals surface area contributed by atoms with E-state index in [1.54, 1.807) is 0 Å². The molecule has 0 fully saturated rings. The smallest absolute Gasteiger partial charge is 0.0340 e. The van der Waals surface area contributed by atoms with E-state index in [0.717, 1.165) is 0 Å². The van der Waals surface area contributed by atoms with Gasteiger partial charge in [0.05, 0.1) is 0 Å². The summed E-state index contributed by atoms with van der Waals surface area (Å²) < 4.78 is 0. The monoisotopic (exact) mass is 120 g/mol. The van der Waals surface area contributed by atoms with Crippen LogP contribution in [0, 0.1) is 0 Å². The van der Waals surface area contributed by atoms with Crippen molar-refractivity contribution in [2.24, 2.45) is 0 Å². The van der Waals surface area contributed by atoms with Crippen LogP contribution in [0.1, 0.15) is 0 Å². The number of rotatable bonds is 3. The number of nitrogens with one attached hydrogen (secondary N) is 1. The topological polar surface area (TPSA) is 84.5 Å². The van der Waals surface area contributed by atoms with E-state index in [2.05, 4.69) is 0 Å². The molecule has 0 aliphatic carbocycles. The van der Waals surface area contributed by atoms with Gasteiger partial charge >= 0.3 is 0 Å². The van der Waals surface area contributed by atoms with E-state index in [-0.39, 0.29) is 0 Å². The van der Waals surface area contributed by atoms with E-state index >= 15 is 0 Å². The second-order valence-corrected chi connectivity index (χ2v) is 1.75. The third kappa shape index (κ3) is 1.75. The summed E-state index contributed by atoms with van der Waals surface area (Å²) in [6.07, 6.45) is 0. The zero-order valence-corrected chi connectivity index (χ0v) is 4.46. The Morgan fingerprint density at radius 2 is 1.25 bits per heavy atom. The molecule has 0 radical (unpaired) electrons. The molecule has 50 valence electrons. The van der Waals surface area contributed by atoms with Gasteiger partial charge in [-0.1, -0.05) is 5.54 Å². The molecule has 0 saturated heterocycles. The first kappa shape index (κ1) is 7.84. The SMILES string of the molecule is [NH-]C(CO)(CO)CO. The lowest BCUT2D eigenvalue weighted by molar-refractivity contribution is 0.0955. The molecule has 0 saturated carbocycles. The maximum atomic E-state index is 8.28. The van der Waals surface area contributed by atoms with E-state index in [1.807, 2.05) is 0 Å². The number of aliphatic hydroxyl groups excluding tert-OH is 3. The molecule has 0 aliphatic rings. The predicted molar refractivity (Wildman–Crippen MR) is 28.3 cm³/mol. The molecule has 0 bridgehead atoms. The molecule has 8 heavy (non-hydrogen) atoms. The Morgan fingerprint density at radius 1 is 1.00 bits per heavy atom. The molecule has 0 aromatic rings. The molecular weight excluding hydrogens is 110 g/mol. The third-order valence-electron chi connectivity index (χ3n) is 0.908. The van der Waals surface area contributed by atoms with Crippen molar-refractivity contribution in [2.45, 2.75) is 5.54 Å². The maximum Gasteiger partial charge on any atom is 0.0340 e. The average Bonchev–Trinajstić information content (AvgIpc) is 1.87. The summed E-state index contributed by atoms with van der Waals surface area (Å²) in [7, 11) is 0. The minimum absolute atomic E-state index is 0.514. The lowest BCUT2D eigenvalue weighted by Crippen LogP contribution is -2.36. The summed E-state index contributed by atoms with van der Waals surface area (Å²) in [5, 5.41) is 24.8. The second-order valence-electron chi connectivity index (χ2n) is 1.75. The van der Waals surface area contributed by atoms with Crippen LogP contribution in [0.2, 0.25) is 0 Å². The highest BCUT2D eigenvalue weighted by Gasteiger charge is 2.11. The number of hydrogen-bond acceptors (Lipinski definition) is 3. The van der Waals surface area contributed by atoms with Gasteiger partial charge in [0.2, 0.25) is 0 Å². The fourth-order valence-electron chi connectivity index (χ4n) is 0.150. The lowest BCUT2D eigenvalue weighted by atomic mass is 10.1. The van der Waals surface area contributed by atoms with Gasteiger partial charge in [-0.15, -0.1) is 0 Å². The van der Waals surface area contributed by atoms with Crippen LogP contribution in [0.4, 0.5) is 0 Å². The Kier molecular flexibility index (Phi) is 2.93. The molecule has 0 aromatic carbocycles. The molecule has 0 aliphatic heterocycles. The molecule has 0 spiro atoms. The van der Waals surface area contributed by atoms with E-state index < -0.39 is 25.4 Å². The van der Waals surface area contributed by atoms with Crippen LogP contribution in [0.3, 0.4) is 0 Å². The molecular formula is C4H10NO3-. The van der Waals surface area contributed by atoms with E-state index in [9.17, 15) is 0 Å². The minimum Gasteiger partial charge on any atom is -0.666 e. The summed E-state index contributed by atoms with van der Waals surface area (Å²) in [5.41, 5.74) is 5.46. The van der Waals surface area contributed by atoms with Gasteiger partial charge in [-0.05, 0) is 0 Å². The van der Waals surface area contributed by atoms with Crippen LogP contribution in [0.5, 0.6) is 0 Å². The largest absolute Gasteiger partial charge is 0.666 e. The number of hydrogen-bond donors (Lipinski definition) is 3. The van der Waals surface area contributed by atoms with Crippen molar-refractivity contribution in [1.29, 1.82) is 0 Å².